The molecule has 2 saturated heterocycles. The summed E-state index contributed by atoms with van der Waals surface area (Å²) >= 11 is 0. The van der Waals surface area contributed by atoms with Crippen LogP contribution in [0.3, 0.4) is 0 Å². The molecule has 2 fully saturated rings. The van der Waals surface area contributed by atoms with E-state index in [0.29, 0.717) is 55.4 Å². The number of nitrogens with zero attached hydrogens (tertiary/aromatic N) is 3. The first-order valence-corrected chi connectivity index (χ1v) is 13.1. The molecule has 0 aromatic heterocycles. The number of hydrogen-bond donors (Lipinski definition) is 1. The number of hydrogen-bond acceptors (Lipinski definition) is 7. The van der Waals surface area contributed by atoms with Gasteiger partial charge in [-0.15, -0.1) is 0 Å². The lowest BCUT2D eigenvalue weighted by Gasteiger charge is -2.35. The van der Waals surface area contributed by atoms with E-state index in [-0.39, 0.29) is 17.9 Å². The average Bonchev–Trinajstić information content (AvgIpc) is 3.31. The third-order valence-corrected chi connectivity index (χ3v) is 7.70. The van der Waals surface area contributed by atoms with Crippen molar-refractivity contribution in [2.75, 3.05) is 57.9 Å². The Labute approximate surface area is 227 Å². The molecular weight excluding hydrogens is 498 g/mol. The third kappa shape index (κ3) is 4.31. The van der Waals surface area contributed by atoms with E-state index >= 15 is 0 Å². The molecule has 39 heavy (non-hydrogen) atoms. The molecule has 204 valence electrons. The number of carbonyl (C=O) groups excluding carboxylic acids is 3. The minimum absolute atomic E-state index is 0.181. The summed E-state index contributed by atoms with van der Waals surface area (Å²) in [6.45, 7) is 9.56. The van der Waals surface area contributed by atoms with Crippen molar-refractivity contribution in [3.05, 3.63) is 77.4 Å². The van der Waals surface area contributed by atoms with E-state index < -0.39 is 23.1 Å². The quantitative estimate of drug-likeness (QED) is 0.242. The maximum absolute atomic E-state index is 14.1. The minimum atomic E-state index is -1.75. The van der Waals surface area contributed by atoms with E-state index in [9.17, 15) is 19.5 Å². The van der Waals surface area contributed by atoms with Crippen LogP contribution in [0.5, 0.6) is 5.75 Å². The van der Waals surface area contributed by atoms with Crippen molar-refractivity contribution in [2.45, 2.75) is 18.9 Å². The summed E-state index contributed by atoms with van der Waals surface area (Å²) in [7, 11) is 1.62. The first-order valence-electron chi connectivity index (χ1n) is 13.1. The Bertz CT molecular complexity index is 1360. The normalized spacial score (nSPS) is 22.6. The van der Waals surface area contributed by atoms with Gasteiger partial charge in [-0.2, -0.15) is 0 Å². The lowest BCUT2D eigenvalue weighted by molar-refractivity contribution is -0.143. The van der Waals surface area contributed by atoms with Gasteiger partial charge in [0.25, 0.3) is 17.6 Å². The molecule has 9 nitrogen and oxygen atoms in total. The molecule has 3 aliphatic rings. The largest absolute Gasteiger partial charge is 0.507 e. The molecule has 2 amide bonds. The Balaban J connectivity index is 1.61. The number of benzene rings is 2. The Kier molecular flexibility index (Phi) is 7.29. The van der Waals surface area contributed by atoms with Gasteiger partial charge in [0.15, 0.2) is 5.54 Å². The number of carbonyl (C=O) groups is 3. The number of rotatable bonds is 8. The van der Waals surface area contributed by atoms with E-state index in [0.717, 1.165) is 18.7 Å². The van der Waals surface area contributed by atoms with Crippen molar-refractivity contribution in [1.82, 2.24) is 9.80 Å². The van der Waals surface area contributed by atoms with Crippen LogP contribution in [-0.2, 0) is 24.7 Å². The molecule has 0 radical (unpaired) electrons. The zero-order valence-corrected chi connectivity index (χ0v) is 22.3. The lowest BCUT2D eigenvalue weighted by Crippen LogP contribution is -2.52. The number of amides is 2. The van der Waals surface area contributed by atoms with Crippen LogP contribution in [0.4, 0.5) is 5.69 Å². The first kappa shape index (κ1) is 26.6. The van der Waals surface area contributed by atoms with E-state index in [4.69, 9.17) is 9.47 Å². The number of para-hydroxylation sites is 1. The van der Waals surface area contributed by atoms with Crippen molar-refractivity contribution in [3.63, 3.8) is 0 Å². The Morgan fingerprint density at radius 3 is 2.59 bits per heavy atom. The number of likely N-dealkylation sites (tertiary alicyclic amines) is 1. The highest BCUT2D eigenvalue weighted by atomic mass is 16.5. The molecule has 1 unspecified atom stereocenters. The van der Waals surface area contributed by atoms with E-state index in [2.05, 4.69) is 11.5 Å². The van der Waals surface area contributed by atoms with Crippen LogP contribution in [0.2, 0.25) is 0 Å². The molecule has 2 aromatic carbocycles. The smallest absolute Gasteiger partial charge is 0.296 e. The molecule has 0 saturated carbocycles. The topological polar surface area (TPSA) is 99.6 Å². The van der Waals surface area contributed by atoms with Gasteiger partial charge in [-0.05, 0) is 43.2 Å². The fourth-order valence-electron chi connectivity index (χ4n) is 5.80. The second-order valence-corrected chi connectivity index (χ2v) is 9.99. The molecule has 3 heterocycles. The van der Waals surface area contributed by atoms with Gasteiger partial charge in [0, 0.05) is 50.0 Å². The van der Waals surface area contributed by atoms with Crippen LogP contribution in [-0.4, -0.2) is 85.6 Å². The number of aryl methyl sites for hydroxylation is 1. The Hall–Kier alpha value is -3.95. The highest BCUT2D eigenvalue weighted by Gasteiger charge is 2.66. The Morgan fingerprint density at radius 2 is 1.87 bits per heavy atom. The van der Waals surface area contributed by atoms with Gasteiger partial charge in [-0.25, -0.2) is 0 Å². The second-order valence-electron chi connectivity index (χ2n) is 9.99. The summed E-state index contributed by atoms with van der Waals surface area (Å²) in [5.41, 5.74) is 0.194. The van der Waals surface area contributed by atoms with Crippen LogP contribution in [0.1, 0.15) is 23.1 Å². The predicted molar refractivity (Wildman–Crippen MR) is 147 cm³/mol. The van der Waals surface area contributed by atoms with E-state index in [1.165, 1.54) is 9.80 Å². The third-order valence-electron chi connectivity index (χ3n) is 7.70. The second kappa shape index (κ2) is 10.7. The first-order chi connectivity index (χ1) is 18.8. The van der Waals surface area contributed by atoms with E-state index in [1.807, 2.05) is 6.92 Å². The number of aliphatic hydroxyl groups excluding tert-OH is 1. The van der Waals surface area contributed by atoms with Crippen LogP contribution in [0.15, 0.2) is 60.7 Å². The molecule has 0 aliphatic carbocycles. The summed E-state index contributed by atoms with van der Waals surface area (Å²) in [6.07, 6.45) is 2.19. The summed E-state index contributed by atoms with van der Waals surface area (Å²) < 4.78 is 11.1. The van der Waals surface area contributed by atoms with E-state index in [1.54, 1.807) is 55.6 Å². The van der Waals surface area contributed by atoms with Crippen LogP contribution in [0, 0.1) is 6.92 Å². The number of morpholine rings is 1. The number of Topliss-reactive ketones (excluding diaryl/α,β-unsaturated/α-hetero) is 1. The zero-order valence-electron chi connectivity index (χ0n) is 22.3. The molecule has 3 aliphatic heterocycles. The van der Waals surface area contributed by atoms with Crippen molar-refractivity contribution in [2.24, 2.45) is 0 Å². The number of fused-ring (bicyclic) bond motifs is 2. The SMILES string of the molecule is C=CCOc1ccc(/C(O)=C2/C(=O)C(=O)N(CCCN3CCOCC3)C23C(=O)N(C)c2ccccc23)cc1C. The van der Waals surface area contributed by atoms with Crippen molar-refractivity contribution < 1.29 is 29.0 Å². The lowest BCUT2D eigenvalue weighted by atomic mass is 9.81. The van der Waals surface area contributed by atoms with Gasteiger partial charge >= 0.3 is 0 Å². The predicted octanol–water partition coefficient (Wildman–Crippen LogP) is 2.83. The summed E-state index contributed by atoms with van der Waals surface area (Å²) in [5.74, 6) is -1.90. The number of anilines is 1. The standard InChI is InChI=1S/C30H33N3O6/c1-4-16-39-24-11-10-21(19-20(24)2)26(34)25-27(35)28(36)33(13-7-12-32-14-17-38-18-15-32)30(25)22-8-5-6-9-23(22)31(3)29(30)37/h4-6,8-11,19,34H,1,7,12-18H2,2-3H3/b26-25+. The van der Waals surface area contributed by atoms with Gasteiger partial charge < -0.3 is 24.4 Å². The maximum atomic E-state index is 14.1. The summed E-state index contributed by atoms with van der Waals surface area (Å²) in [6, 6.07) is 12.1. The summed E-state index contributed by atoms with van der Waals surface area (Å²) in [5, 5.41) is 11.6. The molecule has 1 spiro atoms. The zero-order chi connectivity index (χ0) is 27.7. The van der Waals surface area contributed by atoms with Gasteiger partial charge in [0.1, 0.15) is 18.1 Å². The van der Waals surface area contributed by atoms with Crippen LogP contribution < -0.4 is 9.64 Å². The molecule has 0 bridgehead atoms. The minimum Gasteiger partial charge on any atom is -0.507 e. The summed E-state index contributed by atoms with van der Waals surface area (Å²) in [4.78, 5) is 46.4. The monoisotopic (exact) mass is 531 g/mol. The van der Waals surface area contributed by atoms with Gasteiger partial charge in [-0.1, -0.05) is 30.9 Å². The molecule has 9 heteroatoms. The van der Waals surface area contributed by atoms with Gasteiger partial charge in [0.2, 0.25) is 0 Å². The molecule has 5 rings (SSSR count). The molecule has 2 aromatic rings. The maximum Gasteiger partial charge on any atom is 0.296 e. The van der Waals surface area contributed by atoms with Gasteiger partial charge in [-0.3, -0.25) is 19.3 Å². The number of likely N-dealkylation sites (N-methyl/N-ethyl adjacent to an activating group) is 1. The van der Waals surface area contributed by atoms with Crippen molar-refractivity contribution in [1.29, 1.82) is 0 Å². The highest BCUT2D eigenvalue weighted by Crippen LogP contribution is 2.53. The average molecular weight is 532 g/mol. The number of ketones is 1. The number of aliphatic hydroxyl groups is 1. The molecule has 1 N–H and O–H groups in total. The Morgan fingerprint density at radius 1 is 1.13 bits per heavy atom. The van der Waals surface area contributed by atoms with Gasteiger partial charge in [0.05, 0.1) is 18.8 Å². The van der Waals surface area contributed by atoms with Crippen molar-refractivity contribution >= 4 is 29.0 Å². The van der Waals surface area contributed by atoms with Crippen LogP contribution >= 0.6 is 0 Å². The fraction of sp³-hybridized carbons (Fsp3) is 0.367. The van der Waals surface area contributed by atoms with Crippen LogP contribution in [0.25, 0.3) is 5.76 Å². The molecular formula is C30H33N3O6. The number of ether oxygens (including phenoxy) is 2. The molecule has 1 atom stereocenters. The van der Waals surface area contributed by atoms with Crippen molar-refractivity contribution in [3.8, 4) is 5.75 Å². The fourth-order valence-corrected chi connectivity index (χ4v) is 5.80. The highest BCUT2D eigenvalue weighted by molar-refractivity contribution is 6.50.